The van der Waals surface area contributed by atoms with Gasteiger partial charge in [0.15, 0.2) is 0 Å². The van der Waals surface area contributed by atoms with Gasteiger partial charge in [-0.15, -0.1) is 0 Å². The van der Waals surface area contributed by atoms with Crippen LogP contribution in [0.25, 0.3) is 0 Å². The van der Waals surface area contributed by atoms with Crippen LogP contribution in [0.4, 0.5) is 5.69 Å². The molecule has 0 amide bonds. The molecule has 0 saturated carbocycles. The Hall–Kier alpha value is -1.62. The molecule has 92 valence electrons. The van der Waals surface area contributed by atoms with Crippen LogP contribution in [-0.2, 0) is 11.2 Å². The largest absolute Gasteiger partial charge is 0.465 e. The normalized spacial score (nSPS) is 18.5. The van der Waals surface area contributed by atoms with Crippen molar-refractivity contribution in [1.29, 1.82) is 0 Å². The Morgan fingerprint density at radius 1 is 1.65 bits per heavy atom. The van der Waals surface area contributed by atoms with E-state index < -0.39 is 11.6 Å². The van der Waals surface area contributed by atoms with Crippen molar-refractivity contribution in [2.24, 2.45) is 0 Å². The summed E-state index contributed by atoms with van der Waals surface area (Å²) in [5, 5.41) is 13.1. The number of hydrogen-bond acceptors (Lipinski definition) is 5. The number of carbonyl (C=O) groups is 1. The lowest BCUT2D eigenvalue weighted by Gasteiger charge is -2.25. The van der Waals surface area contributed by atoms with Crippen LogP contribution in [0.3, 0.4) is 0 Å². The van der Waals surface area contributed by atoms with Crippen LogP contribution in [0.1, 0.15) is 29.9 Å². The van der Waals surface area contributed by atoms with Gasteiger partial charge < -0.3 is 15.2 Å². The second kappa shape index (κ2) is 4.00. The van der Waals surface area contributed by atoms with Crippen LogP contribution < -0.4 is 5.32 Å². The minimum Gasteiger partial charge on any atom is -0.465 e. The molecule has 17 heavy (non-hydrogen) atoms. The topological polar surface area (TPSA) is 71.5 Å². The van der Waals surface area contributed by atoms with Gasteiger partial charge in [0.1, 0.15) is 0 Å². The number of pyridine rings is 1. The van der Waals surface area contributed by atoms with E-state index >= 15 is 0 Å². The van der Waals surface area contributed by atoms with Crippen LogP contribution in [-0.4, -0.2) is 34.8 Å². The zero-order valence-electron chi connectivity index (χ0n) is 10.2. The predicted octanol–water partition coefficient (Wildman–Crippen LogP) is 0.976. The van der Waals surface area contributed by atoms with E-state index in [1.54, 1.807) is 26.1 Å². The van der Waals surface area contributed by atoms with Gasteiger partial charge in [0.2, 0.25) is 0 Å². The molecule has 1 aromatic rings. The molecular formula is C12H16N2O3. The maximum Gasteiger partial charge on any atom is 0.340 e. The molecule has 0 saturated heterocycles. The van der Waals surface area contributed by atoms with E-state index in [2.05, 4.69) is 10.3 Å². The number of hydrogen-bond donors (Lipinski definition) is 2. The summed E-state index contributed by atoms with van der Waals surface area (Å²) in [6.07, 6.45) is 2.18. The Bertz CT molecular complexity index is 452. The minimum absolute atomic E-state index is 0.143. The van der Waals surface area contributed by atoms with Crippen LogP contribution in [0, 0.1) is 0 Å². The number of rotatable bonds is 2. The third kappa shape index (κ3) is 2.10. The van der Waals surface area contributed by atoms with Crippen LogP contribution in [0.5, 0.6) is 0 Å². The Kier molecular flexibility index (Phi) is 2.79. The number of nitrogens with zero attached hydrogens (tertiary/aromatic N) is 1. The number of esters is 1. The molecule has 0 aliphatic carbocycles. The molecule has 1 aromatic heterocycles. The van der Waals surface area contributed by atoms with Crippen LogP contribution >= 0.6 is 0 Å². The summed E-state index contributed by atoms with van der Waals surface area (Å²) >= 11 is 0. The van der Waals surface area contributed by atoms with Crippen LogP contribution in [0.15, 0.2) is 12.3 Å². The average molecular weight is 236 g/mol. The van der Waals surface area contributed by atoms with Gasteiger partial charge in [-0.25, -0.2) is 4.79 Å². The molecule has 0 bridgehead atoms. The van der Waals surface area contributed by atoms with E-state index in [0.717, 1.165) is 5.69 Å². The zero-order valence-corrected chi connectivity index (χ0v) is 10.2. The fraction of sp³-hybridized carbons (Fsp3) is 0.500. The second-order valence-electron chi connectivity index (χ2n) is 4.73. The molecule has 0 aromatic carbocycles. The fourth-order valence-corrected chi connectivity index (χ4v) is 1.95. The summed E-state index contributed by atoms with van der Waals surface area (Å²) in [5.41, 5.74) is 1.06. The molecule has 2 heterocycles. The number of nitrogens with one attached hydrogen (secondary N) is 1. The summed E-state index contributed by atoms with van der Waals surface area (Å²) < 4.78 is 4.71. The molecular weight excluding hydrogens is 220 g/mol. The Labute approximate surface area is 99.8 Å². The molecule has 2 N–H and O–H groups in total. The smallest absolute Gasteiger partial charge is 0.340 e. The average Bonchev–Trinajstić information content (AvgIpc) is 2.71. The highest BCUT2D eigenvalue weighted by Crippen LogP contribution is 2.32. The minimum atomic E-state index is -0.867. The van der Waals surface area contributed by atoms with E-state index in [0.29, 0.717) is 17.7 Å². The van der Waals surface area contributed by atoms with Crippen molar-refractivity contribution < 1.29 is 14.6 Å². The first-order valence-corrected chi connectivity index (χ1v) is 5.48. The molecule has 5 heteroatoms. The monoisotopic (exact) mass is 236 g/mol. The highest BCUT2D eigenvalue weighted by Gasteiger charge is 2.35. The zero-order chi connectivity index (χ0) is 12.6. The van der Waals surface area contributed by atoms with E-state index in [9.17, 15) is 9.90 Å². The van der Waals surface area contributed by atoms with Gasteiger partial charge in [-0.05, 0) is 19.9 Å². The van der Waals surface area contributed by atoms with Crippen molar-refractivity contribution in [2.45, 2.75) is 31.9 Å². The third-order valence-corrected chi connectivity index (χ3v) is 3.00. The van der Waals surface area contributed by atoms with E-state index in [1.165, 1.54) is 7.11 Å². The SMILES string of the molecule is COC(=O)c1ccnc2c1NC(C(C)(C)O)C2. The van der Waals surface area contributed by atoms with Crippen molar-refractivity contribution in [2.75, 3.05) is 12.4 Å². The van der Waals surface area contributed by atoms with Gasteiger partial charge in [-0.2, -0.15) is 0 Å². The van der Waals surface area contributed by atoms with Gasteiger partial charge in [0, 0.05) is 12.6 Å². The molecule has 1 aliphatic heterocycles. The lowest BCUT2D eigenvalue weighted by atomic mass is 9.97. The van der Waals surface area contributed by atoms with E-state index in [1.807, 2.05) is 0 Å². The molecule has 0 spiro atoms. The summed E-state index contributed by atoms with van der Waals surface area (Å²) in [7, 11) is 1.34. The number of ether oxygens (including phenoxy) is 1. The maximum absolute atomic E-state index is 11.6. The molecule has 1 aliphatic rings. The van der Waals surface area contributed by atoms with Crippen molar-refractivity contribution >= 4 is 11.7 Å². The van der Waals surface area contributed by atoms with Crippen molar-refractivity contribution in [3.63, 3.8) is 0 Å². The first-order chi connectivity index (χ1) is 7.93. The number of aliphatic hydroxyl groups is 1. The predicted molar refractivity (Wildman–Crippen MR) is 63.0 cm³/mol. The Morgan fingerprint density at radius 3 is 2.94 bits per heavy atom. The lowest BCUT2D eigenvalue weighted by molar-refractivity contribution is 0.0590. The molecule has 2 rings (SSSR count). The van der Waals surface area contributed by atoms with Crippen molar-refractivity contribution in [3.8, 4) is 0 Å². The summed E-state index contributed by atoms with van der Waals surface area (Å²) in [4.78, 5) is 15.8. The number of fused-ring (bicyclic) bond motifs is 1. The Morgan fingerprint density at radius 2 is 2.35 bits per heavy atom. The standard InChI is InChI=1S/C12H16N2O3/c1-12(2,16)9-6-8-10(14-9)7(4-5-13-8)11(15)17-3/h4-5,9,14,16H,6H2,1-3H3. The van der Waals surface area contributed by atoms with Gasteiger partial charge in [-0.3, -0.25) is 4.98 Å². The maximum atomic E-state index is 11.6. The summed E-state index contributed by atoms with van der Waals surface area (Å²) in [6.45, 7) is 3.46. The Balaban J connectivity index is 2.35. The van der Waals surface area contributed by atoms with Crippen molar-refractivity contribution in [1.82, 2.24) is 4.98 Å². The van der Waals surface area contributed by atoms with Gasteiger partial charge in [0.25, 0.3) is 0 Å². The van der Waals surface area contributed by atoms with Gasteiger partial charge in [0.05, 0.1) is 35.7 Å². The third-order valence-electron chi connectivity index (χ3n) is 3.00. The molecule has 1 unspecified atom stereocenters. The van der Waals surface area contributed by atoms with Crippen LogP contribution in [0.2, 0.25) is 0 Å². The first-order valence-electron chi connectivity index (χ1n) is 5.48. The summed E-state index contributed by atoms with van der Waals surface area (Å²) in [6, 6.07) is 1.47. The molecule has 5 nitrogen and oxygen atoms in total. The number of carbonyl (C=O) groups excluding carboxylic acids is 1. The fourth-order valence-electron chi connectivity index (χ4n) is 1.95. The number of anilines is 1. The second-order valence-corrected chi connectivity index (χ2v) is 4.73. The molecule has 0 radical (unpaired) electrons. The van der Waals surface area contributed by atoms with Gasteiger partial charge in [-0.1, -0.05) is 0 Å². The lowest BCUT2D eigenvalue weighted by Crippen LogP contribution is -2.40. The quantitative estimate of drug-likeness (QED) is 0.749. The summed E-state index contributed by atoms with van der Waals surface area (Å²) in [5.74, 6) is -0.396. The van der Waals surface area contributed by atoms with E-state index in [-0.39, 0.29) is 6.04 Å². The highest BCUT2D eigenvalue weighted by atomic mass is 16.5. The van der Waals surface area contributed by atoms with E-state index in [4.69, 9.17) is 4.74 Å². The van der Waals surface area contributed by atoms with Crippen molar-refractivity contribution in [3.05, 3.63) is 23.5 Å². The number of aromatic nitrogens is 1. The molecule has 0 fully saturated rings. The first kappa shape index (κ1) is 11.9. The van der Waals surface area contributed by atoms with Gasteiger partial charge >= 0.3 is 5.97 Å². The highest BCUT2D eigenvalue weighted by molar-refractivity contribution is 5.96. The molecule has 1 atom stereocenters. The number of methoxy groups -OCH3 is 1.